The summed E-state index contributed by atoms with van der Waals surface area (Å²) in [4.78, 5) is 9.14. The van der Waals surface area contributed by atoms with Gasteiger partial charge in [0, 0.05) is 55.0 Å². The molecule has 0 fully saturated rings. The van der Waals surface area contributed by atoms with Gasteiger partial charge in [-0.25, -0.2) is 8.78 Å². The fraction of sp³-hybridized carbons (Fsp3) is 0. The Morgan fingerprint density at radius 3 is 2.54 bits per heavy atom. The van der Waals surface area contributed by atoms with Gasteiger partial charge in [-0.1, -0.05) is 6.07 Å². The summed E-state index contributed by atoms with van der Waals surface area (Å²) in [5, 5.41) is 10.1. The molecule has 1 aromatic carbocycles. The third-order valence-corrected chi connectivity index (χ3v) is 1.20. The molecule has 2 N–H and O–H groups in total. The Morgan fingerprint density at radius 2 is 2.08 bits per heavy atom. The molecule has 0 heterocycles. The SMILES string of the molecule is Nc1c(F)[c-]c(F)cc1[N+](=O)[O-].[Y]. The van der Waals surface area contributed by atoms with Crippen molar-refractivity contribution >= 4 is 11.4 Å². The molecule has 0 atom stereocenters. The van der Waals surface area contributed by atoms with Crippen molar-refractivity contribution in [2.24, 2.45) is 0 Å². The van der Waals surface area contributed by atoms with Gasteiger partial charge in [0.2, 0.25) is 0 Å². The van der Waals surface area contributed by atoms with Crippen molar-refractivity contribution in [3.8, 4) is 0 Å². The molecule has 1 aromatic rings. The second kappa shape index (κ2) is 4.57. The molecular formula is C6H3F2N2O2Y-. The van der Waals surface area contributed by atoms with Gasteiger partial charge >= 0.3 is 0 Å². The molecule has 0 amide bonds. The maximum Gasteiger partial charge on any atom is 0.194 e. The third-order valence-electron chi connectivity index (χ3n) is 1.20. The second-order valence-electron chi connectivity index (χ2n) is 1.99. The topological polar surface area (TPSA) is 69.2 Å². The predicted octanol–water partition coefficient (Wildman–Crippen LogP) is 1.25. The number of anilines is 1. The molecule has 0 aliphatic rings. The summed E-state index contributed by atoms with van der Waals surface area (Å²) in [5.41, 5.74) is 3.44. The first-order valence-corrected chi connectivity index (χ1v) is 2.83. The van der Waals surface area contributed by atoms with Gasteiger partial charge in [-0.05, 0) is 0 Å². The molecule has 0 aliphatic carbocycles. The van der Waals surface area contributed by atoms with Gasteiger partial charge in [0.25, 0.3) is 0 Å². The average Bonchev–Trinajstić information content (AvgIpc) is 1.96. The standard InChI is InChI=1S/C6H3F2N2O2.Y/c7-3-1-4(8)6(9)5(2-3)10(11)12;/h2H,9H2;/q-1;. The predicted molar refractivity (Wildman–Crippen MR) is 36.3 cm³/mol. The summed E-state index contributed by atoms with van der Waals surface area (Å²) in [6.45, 7) is 0. The van der Waals surface area contributed by atoms with Crippen LogP contribution in [0, 0.1) is 27.8 Å². The van der Waals surface area contributed by atoms with Crippen LogP contribution in [0.25, 0.3) is 0 Å². The van der Waals surface area contributed by atoms with Gasteiger partial charge in [-0.15, -0.1) is 6.07 Å². The van der Waals surface area contributed by atoms with Crippen LogP contribution >= 0.6 is 0 Å². The van der Waals surface area contributed by atoms with Crippen molar-refractivity contribution in [1.29, 1.82) is 0 Å². The molecule has 7 heteroatoms. The van der Waals surface area contributed by atoms with Crippen LogP contribution < -0.4 is 5.73 Å². The Labute approximate surface area is 97.1 Å². The summed E-state index contributed by atoms with van der Waals surface area (Å²) in [5.74, 6) is -2.39. The Balaban J connectivity index is 0.00000144. The minimum atomic E-state index is -1.25. The molecule has 1 radical (unpaired) electrons. The maximum absolute atomic E-state index is 12.5. The zero-order valence-corrected chi connectivity index (χ0v) is 9.09. The molecule has 4 nitrogen and oxygen atoms in total. The van der Waals surface area contributed by atoms with Crippen LogP contribution in [0.2, 0.25) is 0 Å². The van der Waals surface area contributed by atoms with Crippen molar-refractivity contribution in [2.45, 2.75) is 0 Å². The molecular weight excluding hydrogens is 259 g/mol. The molecule has 0 saturated carbocycles. The number of nitrogens with zero attached hydrogens (tertiary/aromatic N) is 1. The molecule has 0 spiro atoms. The molecule has 1 rings (SSSR count). The van der Waals surface area contributed by atoms with Crippen LogP contribution in [0.15, 0.2) is 6.07 Å². The quantitative estimate of drug-likeness (QED) is 0.358. The minimum Gasteiger partial charge on any atom is -0.442 e. The van der Waals surface area contributed by atoms with E-state index in [-0.39, 0.29) is 32.7 Å². The van der Waals surface area contributed by atoms with E-state index in [0.29, 0.717) is 6.07 Å². The molecule has 0 aliphatic heterocycles. The molecule has 13 heavy (non-hydrogen) atoms. The normalized spacial score (nSPS) is 9.08. The van der Waals surface area contributed by atoms with E-state index in [2.05, 4.69) is 0 Å². The monoisotopic (exact) mass is 262 g/mol. The number of halogens is 2. The van der Waals surface area contributed by atoms with E-state index in [1.54, 1.807) is 6.07 Å². The van der Waals surface area contributed by atoms with E-state index in [0.717, 1.165) is 0 Å². The van der Waals surface area contributed by atoms with Gasteiger partial charge in [0.1, 0.15) is 0 Å². The summed E-state index contributed by atoms with van der Waals surface area (Å²) in [7, 11) is 0. The zero-order chi connectivity index (χ0) is 9.30. The number of nitro benzene ring substituents is 1. The summed E-state index contributed by atoms with van der Waals surface area (Å²) >= 11 is 0. The minimum absolute atomic E-state index is 0. The molecule has 0 bridgehead atoms. The summed E-state index contributed by atoms with van der Waals surface area (Å²) in [6, 6.07) is 2.08. The Morgan fingerprint density at radius 1 is 1.54 bits per heavy atom. The fourth-order valence-corrected chi connectivity index (χ4v) is 0.670. The first kappa shape index (κ1) is 12.4. The average molecular weight is 262 g/mol. The van der Waals surface area contributed by atoms with E-state index in [9.17, 15) is 18.9 Å². The molecule has 67 valence electrons. The van der Waals surface area contributed by atoms with Crippen LogP contribution in [0.5, 0.6) is 0 Å². The van der Waals surface area contributed by atoms with Gasteiger partial charge in [-0.3, -0.25) is 10.1 Å². The van der Waals surface area contributed by atoms with Crippen molar-refractivity contribution in [3.05, 3.63) is 33.9 Å². The van der Waals surface area contributed by atoms with Gasteiger partial charge in [0.05, 0.1) is 0 Å². The smallest absolute Gasteiger partial charge is 0.194 e. The third kappa shape index (κ3) is 2.67. The number of benzene rings is 1. The Hall–Kier alpha value is -0.616. The maximum atomic E-state index is 12.5. The van der Waals surface area contributed by atoms with E-state index in [4.69, 9.17) is 5.73 Å². The zero-order valence-electron chi connectivity index (χ0n) is 6.25. The molecule has 0 unspecified atom stereocenters. The van der Waals surface area contributed by atoms with E-state index < -0.39 is 27.9 Å². The Kier molecular flexibility index (Phi) is 4.36. The van der Waals surface area contributed by atoms with Crippen molar-refractivity contribution in [1.82, 2.24) is 0 Å². The largest absolute Gasteiger partial charge is 0.442 e. The van der Waals surface area contributed by atoms with E-state index >= 15 is 0 Å². The first-order chi connectivity index (χ1) is 5.52. The molecule has 0 saturated heterocycles. The number of hydrogen-bond donors (Lipinski definition) is 1. The number of hydrogen-bond acceptors (Lipinski definition) is 3. The number of nitro groups is 1. The first-order valence-electron chi connectivity index (χ1n) is 2.83. The number of rotatable bonds is 1. The number of nitrogen functional groups attached to an aromatic ring is 1. The van der Waals surface area contributed by atoms with Crippen LogP contribution in [-0.2, 0) is 32.7 Å². The summed E-state index contributed by atoms with van der Waals surface area (Å²) in [6.07, 6.45) is 0. The summed E-state index contributed by atoms with van der Waals surface area (Å²) < 4.78 is 24.8. The van der Waals surface area contributed by atoms with Gasteiger partial charge in [0.15, 0.2) is 5.69 Å². The Bertz CT molecular complexity index is 346. The van der Waals surface area contributed by atoms with Crippen molar-refractivity contribution < 1.29 is 46.4 Å². The second-order valence-corrected chi connectivity index (χ2v) is 1.99. The van der Waals surface area contributed by atoms with Gasteiger partial charge < -0.3 is 5.73 Å². The van der Waals surface area contributed by atoms with Crippen LogP contribution in [0.4, 0.5) is 20.2 Å². The van der Waals surface area contributed by atoms with Crippen molar-refractivity contribution in [2.75, 3.05) is 5.73 Å². The fourth-order valence-electron chi connectivity index (χ4n) is 0.670. The van der Waals surface area contributed by atoms with Crippen molar-refractivity contribution in [3.63, 3.8) is 0 Å². The van der Waals surface area contributed by atoms with Gasteiger partial charge in [-0.2, -0.15) is 0 Å². The van der Waals surface area contributed by atoms with Crippen LogP contribution in [-0.4, -0.2) is 4.92 Å². The molecule has 0 aromatic heterocycles. The van der Waals surface area contributed by atoms with Crippen LogP contribution in [0.3, 0.4) is 0 Å². The number of nitrogens with two attached hydrogens (primary N) is 1. The van der Waals surface area contributed by atoms with E-state index in [1.165, 1.54) is 0 Å². The van der Waals surface area contributed by atoms with E-state index in [1.807, 2.05) is 0 Å². The van der Waals surface area contributed by atoms with Crippen LogP contribution in [0.1, 0.15) is 0 Å².